The number of hydrogen-bond donors (Lipinski definition) is 0. The van der Waals surface area contributed by atoms with Gasteiger partial charge >= 0.3 is 0 Å². The molecule has 0 N–H and O–H groups in total. The molecule has 0 aliphatic rings. The largest absolute Gasteiger partial charge is 0.286 e. The lowest BCUT2D eigenvalue weighted by Gasteiger charge is -2.02. The predicted molar refractivity (Wildman–Crippen MR) is 87.5 cm³/mol. The third-order valence-corrected chi connectivity index (χ3v) is 4.20. The Balaban J connectivity index is 1.53. The van der Waals surface area contributed by atoms with Crippen molar-refractivity contribution in [1.82, 2.24) is 29.2 Å². The number of hydrogen-bond acceptors (Lipinski definition) is 4. The van der Waals surface area contributed by atoms with E-state index in [1.807, 2.05) is 24.5 Å². The van der Waals surface area contributed by atoms with E-state index < -0.39 is 0 Å². The van der Waals surface area contributed by atoms with Crippen LogP contribution < -0.4 is 0 Å². The van der Waals surface area contributed by atoms with Crippen LogP contribution in [0.4, 0.5) is 0 Å². The van der Waals surface area contributed by atoms with Gasteiger partial charge in [-0.05, 0) is 43.5 Å². The molecular weight excluding hydrogens is 288 g/mol. The molecule has 6 heteroatoms. The molecule has 0 spiro atoms. The van der Waals surface area contributed by atoms with Gasteiger partial charge in [-0.2, -0.15) is 0 Å². The van der Waals surface area contributed by atoms with Crippen LogP contribution in [0.1, 0.15) is 29.2 Å². The maximum atomic E-state index is 4.32. The van der Waals surface area contributed by atoms with Gasteiger partial charge in [0, 0.05) is 25.2 Å². The molecule has 4 rings (SSSR count). The molecule has 0 aliphatic carbocycles. The van der Waals surface area contributed by atoms with Crippen LogP contribution in [0.5, 0.6) is 0 Å². The summed E-state index contributed by atoms with van der Waals surface area (Å²) in [7, 11) is 0. The monoisotopic (exact) mass is 306 g/mol. The van der Waals surface area contributed by atoms with Gasteiger partial charge in [0.25, 0.3) is 0 Å². The molecule has 0 unspecified atom stereocenters. The first-order valence-corrected chi connectivity index (χ1v) is 7.82. The fraction of sp³-hybridized carbons (Fsp3) is 0.294. The van der Waals surface area contributed by atoms with Gasteiger partial charge in [0.2, 0.25) is 0 Å². The zero-order chi connectivity index (χ0) is 15.8. The van der Waals surface area contributed by atoms with Crippen molar-refractivity contribution in [2.45, 2.75) is 33.1 Å². The van der Waals surface area contributed by atoms with Crippen molar-refractivity contribution >= 4 is 11.3 Å². The smallest absolute Gasteiger partial charge is 0.163 e. The van der Waals surface area contributed by atoms with Gasteiger partial charge in [-0.1, -0.05) is 12.1 Å². The van der Waals surface area contributed by atoms with Crippen molar-refractivity contribution in [3.8, 4) is 0 Å². The van der Waals surface area contributed by atoms with Crippen LogP contribution in [0.25, 0.3) is 11.3 Å². The lowest BCUT2D eigenvalue weighted by atomic mass is 10.2. The number of nitrogens with zero attached hydrogens (tertiary/aromatic N) is 6. The second-order valence-corrected chi connectivity index (χ2v) is 5.86. The highest BCUT2D eigenvalue weighted by Crippen LogP contribution is 2.13. The van der Waals surface area contributed by atoms with E-state index in [9.17, 15) is 0 Å². The minimum Gasteiger partial charge on any atom is -0.286 e. The Hall–Kier alpha value is -2.76. The number of aromatic nitrogens is 6. The third-order valence-electron chi connectivity index (χ3n) is 4.20. The molecular formula is C17H18N6. The second-order valence-electron chi connectivity index (χ2n) is 5.86. The lowest BCUT2D eigenvalue weighted by Crippen LogP contribution is -2.00. The highest BCUT2D eigenvalue weighted by molar-refractivity contribution is 5.47. The first-order valence-electron chi connectivity index (χ1n) is 7.82. The molecule has 0 fully saturated rings. The number of aryl methyl sites for hydroxylation is 4. The van der Waals surface area contributed by atoms with Gasteiger partial charge in [-0.25, -0.2) is 0 Å². The summed E-state index contributed by atoms with van der Waals surface area (Å²) < 4.78 is 4.14. The van der Waals surface area contributed by atoms with Gasteiger partial charge in [-0.15, -0.1) is 20.4 Å². The summed E-state index contributed by atoms with van der Waals surface area (Å²) in [5, 5.41) is 17.2. The number of pyridine rings is 2. The minimum atomic E-state index is 0.866. The van der Waals surface area contributed by atoms with Gasteiger partial charge < -0.3 is 0 Å². The Morgan fingerprint density at radius 2 is 1.22 bits per heavy atom. The maximum Gasteiger partial charge on any atom is 0.163 e. The van der Waals surface area contributed by atoms with Crippen LogP contribution >= 0.6 is 0 Å². The Labute approximate surface area is 133 Å². The summed E-state index contributed by atoms with van der Waals surface area (Å²) in [4.78, 5) is 0. The van der Waals surface area contributed by atoms with Gasteiger partial charge in [0.05, 0.1) is 0 Å². The number of fused-ring (bicyclic) bond motifs is 2. The molecule has 0 aliphatic heterocycles. The van der Waals surface area contributed by atoms with Crippen LogP contribution in [-0.2, 0) is 12.8 Å². The van der Waals surface area contributed by atoms with E-state index in [1.54, 1.807) is 0 Å². The summed E-state index contributed by atoms with van der Waals surface area (Å²) in [6.45, 7) is 4.11. The van der Waals surface area contributed by atoms with Gasteiger partial charge in [-0.3, -0.25) is 8.80 Å². The van der Waals surface area contributed by atoms with Crippen molar-refractivity contribution in [3.05, 3.63) is 59.4 Å². The lowest BCUT2D eigenvalue weighted by molar-refractivity contribution is 0.724. The average Bonchev–Trinajstić information content (AvgIpc) is 3.14. The van der Waals surface area contributed by atoms with Crippen molar-refractivity contribution in [1.29, 1.82) is 0 Å². The summed E-state index contributed by atoms with van der Waals surface area (Å²) in [6.07, 6.45) is 6.74. The van der Waals surface area contributed by atoms with Crippen molar-refractivity contribution in [3.63, 3.8) is 0 Å². The van der Waals surface area contributed by atoms with Crippen LogP contribution in [0.3, 0.4) is 0 Å². The Kier molecular flexibility index (Phi) is 3.29. The summed E-state index contributed by atoms with van der Waals surface area (Å²) in [5.74, 6) is 1.99. The molecule has 0 aromatic carbocycles. The summed E-state index contributed by atoms with van der Waals surface area (Å²) in [6, 6.07) is 8.17. The predicted octanol–water partition coefficient (Wildman–Crippen LogP) is 2.56. The summed E-state index contributed by atoms with van der Waals surface area (Å²) in [5.41, 5.74) is 4.16. The van der Waals surface area contributed by atoms with Crippen LogP contribution in [0.15, 0.2) is 36.7 Å². The van der Waals surface area contributed by atoms with E-state index in [-0.39, 0.29) is 0 Å². The molecule has 0 bridgehead atoms. The zero-order valence-corrected chi connectivity index (χ0v) is 13.3. The number of rotatable bonds is 4. The molecule has 6 nitrogen and oxygen atoms in total. The fourth-order valence-electron chi connectivity index (χ4n) is 2.94. The van der Waals surface area contributed by atoms with E-state index in [4.69, 9.17) is 0 Å². The molecule has 0 saturated carbocycles. The summed E-state index contributed by atoms with van der Waals surface area (Å²) >= 11 is 0. The molecule has 116 valence electrons. The Morgan fingerprint density at radius 3 is 1.70 bits per heavy atom. The molecule has 4 aromatic heterocycles. The zero-order valence-electron chi connectivity index (χ0n) is 13.3. The molecule has 0 saturated heterocycles. The Bertz CT molecular complexity index is 901. The SMILES string of the molecule is Cc1cccn2c(CCCc3nnc4c(C)cccn34)nnc12. The molecule has 0 atom stereocenters. The highest BCUT2D eigenvalue weighted by Gasteiger charge is 2.09. The van der Waals surface area contributed by atoms with Crippen molar-refractivity contribution < 1.29 is 0 Å². The first kappa shape index (κ1) is 13.9. The highest BCUT2D eigenvalue weighted by atomic mass is 15.3. The van der Waals surface area contributed by atoms with E-state index >= 15 is 0 Å². The molecule has 0 amide bonds. The van der Waals surface area contributed by atoms with Crippen LogP contribution in [-0.4, -0.2) is 29.2 Å². The quantitative estimate of drug-likeness (QED) is 0.581. The fourth-order valence-corrected chi connectivity index (χ4v) is 2.94. The van der Waals surface area contributed by atoms with Crippen molar-refractivity contribution in [2.75, 3.05) is 0 Å². The van der Waals surface area contributed by atoms with Gasteiger partial charge in [0.1, 0.15) is 11.6 Å². The van der Waals surface area contributed by atoms with Gasteiger partial charge in [0.15, 0.2) is 11.3 Å². The molecule has 4 aromatic rings. The van der Waals surface area contributed by atoms with E-state index in [0.29, 0.717) is 0 Å². The normalized spacial score (nSPS) is 11.6. The molecule has 4 heterocycles. The minimum absolute atomic E-state index is 0.866. The molecule has 23 heavy (non-hydrogen) atoms. The average molecular weight is 306 g/mol. The maximum absolute atomic E-state index is 4.32. The topological polar surface area (TPSA) is 60.4 Å². The van der Waals surface area contributed by atoms with Crippen molar-refractivity contribution in [2.24, 2.45) is 0 Å². The Morgan fingerprint density at radius 1 is 0.739 bits per heavy atom. The van der Waals surface area contributed by atoms with E-state index in [0.717, 1.165) is 53.3 Å². The van der Waals surface area contributed by atoms with Crippen LogP contribution in [0, 0.1) is 13.8 Å². The first-order chi connectivity index (χ1) is 11.2. The molecule has 0 radical (unpaired) electrons. The van der Waals surface area contributed by atoms with Crippen LogP contribution in [0.2, 0.25) is 0 Å². The third kappa shape index (κ3) is 2.36. The second kappa shape index (κ2) is 5.46. The standard InChI is InChI=1S/C17H18N6/c1-12-6-4-10-22-14(18-20-16(12)22)8-3-9-15-19-21-17-13(2)7-5-11-23(15)17/h4-7,10-11H,3,8-9H2,1-2H3. The van der Waals surface area contributed by atoms with E-state index in [2.05, 4.69) is 55.2 Å². The van der Waals surface area contributed by atoms with E-state index in [1.165, 1.54) is 0 Å².